The number of halogens is 1. The molecule has 0 aromatic carbocycles. The predicted octanol–water partition coefficient (Wildman–Crippen LogP) is 1.52. The number of unbranched alkanes of at least 4 members (excludes halogenated alkanes) is 1. The minimum Gasteiger partial charge on any atom is -0.381 e. The minimum absolute atomic E-state index is 0. The van der Waals surface area contributed by atoms with Crippen LogP contribution >= 0.6 is 24.0 Å². The molecule has 9 nitrogen and oxygen atoms in total. The number of aromatic nitrogens is 1. The van der Waals surface area contributed by atoms with E-state index < -0.39 is 10.0 Å². The van der Waals surface area contributed by atoms with Gasteiger partial charge in [-0.15, -0.1) is 24.0 Å². The molecule has 0 bridgehead atoms. The van der Waals surface area contributed by atoms with Crippen molar-refractivity contribution >= 4 is 40.0 Å². The number of rotatable bonds is 10. The van der Waals surface area contributed by atoms with Gasteiger partial charge >= 0.3 is 0 Å². The maximum atomic E-state index is 12.5. The van der Waals surface area contributed by atoms with E-state index in [4.69, 9.17) is 9.26 Å². The molecule has 1 aliphatic rings. The second-order valence-electron chi connectivity index (χ2n) is 6.43. The molecule has 0 unspecified atom stereocenters. The van der Waals surface area contributed by atoms with Crippen molar-refractivity contribution in [2.45, 2.75) is 31.9 Å². The van der Waals surface area contributed by atoms with Crippen LogP contribution < -0.4 is 5.32 Å². The van der Waals surface area contributed by atoms with E-state index in [2.05, 4.69) is 27.3 Å². The average molecular weight is 529 g/mol. The lowest BCUT2D eigenvalue weighted by Crippen LogP contribution is -2.54. The van der Waals surface area contributed by atoms with Crippen molar-refractivity contribution in [3.8, 4) is 0 Å². The highest BCUT2D eigenvalue weighted by atomic mass is 127. The van der Waals surface area contributed by atoms with Gasteiger partial charge in [0.15, 0.2) is 5.96 Å². The third kappa shape index (κ3) is 8.21. The van der Waals surface area contributed by atoms with Gasteiger partial charge in [0.25, 0.3) is 0 Å². The lowest BCUT2D eigenvalue weighted by molar-refractivity contribution is 0.129. The summed E-state index contributed by atoms with van der Waals surface area (Å²) in [6.45, 7) is 6.54. The van der Waals surface area contributed by atoms with Crippen molar-refractivity contribution in [1.82, 2.24) is 19.7 Å². The molecule has 162 valence electrons. The average Bonchev–Trinajstić information content (AvgIpc) is 3.16. The Kier molecular flexibility index (Phi) is 12.0. The van der Waals surface area contributed by atoms with E-state index in [1.54, 1.807) is 13.1 Å². The number of aliphatic imine (C=N–C) groups is 1. The van der Waals surface area contributed by atoms with Gasteiger partial charge in [0.05, 0.1) is 5.69 Å². The van der Waals surface area contributed by atoms with Gasteiger partial charge in [-0.1, -0.05) is 18.5 Å². The number of nitrogens with one attached hydrogen (secondary N) is 1. The second-order valence-corrected chi connectivity index (χ2v) is 8.40. The standard InChI is InChI=1S/C17H31N5O4S.HI/c1-3-4-12-25-13-5-7-19-17(18-2)21-8-10-22(11-9-21)27(23,24)15-16-6-14-26-20-16;/h6,14H,3-5,7-13,15H2,1-2H3,(H,18,19);1H. The summed E-state index contributed by atoms with van der Waals surface area (Å²) in [4.78, 5) is 6.39. The Morgan fingerprint density at radius 3 is 2.61 bits per heavy atom. The second kappa shape index (κ2) is 13.3. The summed E-state index contributed by atoms with van der Waals surface area (Å²) in [7, 11) is -1.64. The molecule has 0 saturated carbocycles. The molecule has 28 heavy (non-hydrogen) atoms. The number of guanidine groups is 1. The fraction of sp³-hybridized carbons (Fsp3) is 0.765. The summed E-state index contributed by atoms with van der Waals surface area (Å²) in [5.41, 5.74) is 0.427. The Bertz CT molecular complexity index is 661. The van der Waals surface area contributed by atoms with Crippen LogP contribution in [0.5, 0.6) is 0 Å². The van der Waals surface area contributed by atoms with E-state index in [1.165, 1.54) is 10.6 Å². The summed E-state index contributed by atoms with van der Waals surface area (Å²) >= 11 is 0. The van der Waals surface area contributed by atoms with E-state index in [0.29, 0.717) is 31.9 Å². The van der Waals surface area contributed by atoms with E-state index in [9.17, 15) is 8.42 Å². The van der Waals surface area contributed by atoms with E-state index in [0.717, 1.165) is 45.0 Å². The topological polar surface area (TPSA) is 100 Å². The van der Waals surface area contributed by atoms with Crippen molar-refractivity contribution in [2.24, 2.45) is 4.99 Å². The molecule has 0 radical (unpaired) electrons. The van der Waals surface area contributed by atoms with Crippen molar-refractivity contribution in [3.05, 3.63) is 18.0 Å². The number of hydrogen-bond donors (Lipinski definition) is 1. The summed E-state index contributed by atoms with van der Waals surface area (Å²) in [6.07, 6.45) is 4.53. The highest BCUT2D eigenvalue weighted by molar-refractivity contribution is 14.0. The quantitative estimate of drug-likeness (QED) is 0.212. The lowest BCUT2D eigenvalue weighted by atomic mass is 10.3. The lowest BCUT2D eigenvalue weighted by Gasteiger charge is -2.35. The monoisotopic (exact) mass is 529 g/mol. The molecular formula is C17H32IN5O4S. The van der Waals surface area contributed by atoms with Crippen molar-refractivity contribution < 1.29 is 17.7 Å². The summed E-state index contributed by atoms with van der Waals surface area (Å²) in [6, 6.07) is 1.57. The van der Waals surface area contributed by atoms with Gasteiger partial charge in [0, 0.05) is 59.1 Å². The molecule has 0 amide bonds. The molecule has 1 aliphatic heterocycles. The van der Waals surface area contributed by atoms with E-state index >= 15 is 0 Å². The van der Waals surface area contributed by atoms with Crippen LogP contribution in [0.2, 0.25) is 0 Å². The molecule has 0 spiro atoms. The Hall–Kier alpha value is -0.920. The molecule has 1 aromatic heterocycles. The van der Waals surface area contributed by atoms with Gasteiger partial charge in [0.1, 0.15) is 12.0 Å². The third-order valence-corrected chi connectivity index (χ3v) is 6.17. The molecular weight excluding hydrogens is 497 g/mol. The largest absolute Gasteiger partial charge is 0.381 e. The van der Waals surface area contributed by atoms with Crippen LogP contribution in [0.25, 0.3) is 0 Å². The van der Waals surface area contributed by atoms with Gasteiger partial charge < -0.3 is 19.5 Å². The zero-order chi connectivity index (χ0) is 19.5. The number of ether oxygens (including phenoxy) is 1. The maximum Gasteiger partial charge on any atom is 0.220 e. The van der Waals surface area contributed by atoms with Gasteiger partial charge in [-0.25, -0.2) is 8.42 Å². The van der Waals surface area contributed by atoms with E-state index in [1.807, 2.05) is 0 Å². The van der Waals surface area contributed by atoms with Crippen molar-refractivity contribution in [3.63, 3.8) is 0 Å². The minimum atomic E-state index is -3.39. The first-order valence-electron chi connectivity index (χ1n) is 9.47. The van der Waals surface area contributed by atoms with Gasteiger partial charge in [-0.2, -0.15) is 4.31 Å². The Morgan fingerprint density at radius 2 is 2.00 bits per heavy atom. The highest BCUT2D eigenvalue weighted by Gasteiger charge is 2.28. The normalized spacial score (nSPS) is 16.1. The first-order valence-corrected chi connectivity index (χ1v) is 11.1. The Balaban J connectivity index is 0.00000392. The van der Waals surface area contributed by atoms with Crippen molar-refractivity contribution in [1.29, 1.82) is 0 Å². The Labute approximate surface area is 184 Å². The number of hydrogen-bond acceptors (Lipinski definition) is 6. The summed E-state index contributed by atoms with van der Waals surface area (Å²) in [5, 5.41) is 7.01. The number of sulfonamides is 1. The number of nitrogens with zero attached hydrogens (tertiary/aromatic N) is 4. The van der Waals surface area contributed by atoms with E-state index in [-0.39, 0.29) is 29.7 Å². The zero-order valence-electron chi connectivity index (χ0n) is 16.7. The molecule has 2 heterocycles. The highest BCUT2D eigenvalue weighted by Crippen LogP contribution is 2.12. The van der Waals surface area contributed by atoms with Crippen LogP contribution in [0.4, 0.5) is 0 Å². The fourth-order valence-corrected chi connectivity index (χ4v) is 4.25. The molecule has 1 N–H and O–H groups in total. The Morgan fingerprint density at radius 1 is 1.29 bits per heavy atom. The van der Waals surface area contributed by atoms with Crippen LogP contribution in [0.1, 0.15) is 31.9 Å². The first-order chi connectivity index (χ1) is 13.1. The number of piperazine rings is 1. The van der Waals surface area contributed by atoms with Gasteiger partial charge in [0.2, 0.25) is 10.0 Å². The predicted molar refractivity (Wildman–Crippen MR) is 119 cm³/mol. The SMILES string of the molecule is CCCCOCCCNC(=NC)N1CCN(S(=O)(=O)Cc2ccon2)CC1.I. The zero-order valence-corrected chi connectivity index (χ0v) is 19.8. The maximum absolute atomic E-state index is 12.5. The third-order valence-electron chi connectivity index (χ3n) is 4.36. The van der Waals surface area contributed by atoms with Crippen LogP contribution in [0.15, 0.2) is 21.8 Å². The molecule has 0 aliphatic carbocycles. The molecule has 1 aromatic rings. The van der Waals surface area contributed by atoms with Gasteiger partial charge in [-0.05, 0) is 12.8 Å². The van der Waals surface area contributed by atoms with Crippen LogP contribution in [-0.2, 0) is 20.5 Å². The van der Waals surface area contributed by atoms with Crippen LogP contribution in [-0.4, -0.2) is 81.7 Å². The molecule has 2 rings (SSSR count). The van der Waals surface area contributed by atoms with Crippen molar-refractivity contribution in [2.75, 3.05) is 53.0 Å². The van der Waals surface area contributed by atoms with Gasteiger partial charge in [-0.3, -0.25) is 4.99 Å². The van der Waals surface area contributed by atoms with Crippen LogP contribution in [0.3, 0.4) is 0 Å². The molecule has 1 saturated heterocycles. The summed E-state index contributed by atoms with van der Waals surface area (Å²) in [5.74, 6) is 0.672. The fourth-order valence-electron chi connectivity index (χ4n) is 2.82. The first kappa shape index (κ1) is 25.1. The van der Waals surface area contributed by atoms with Crippen LogP contribution in [0, 0.1) is 0 Å². The summed E-state index contributed by atoms with van der Waals surface area (Å²) < 4.78 is 36.7. The molecule has 11 heteroatoms. The molecule has 1 fully saturated rings. The smallest absolute Gasteiger partial charge is 0.220 e. The molecule has 0 atom stereocenters.